The van der Waals surface area contributed by atoms with Crippen molar-refractivity contribution in [1.29, 1.82) is 0 Å². The molecule has 0 atom stereocenters. The summed E-state index contributed by atoms with van der Waals surface area (Å²) < 4.78 is 13.6. The van der Waals surface area contributed by atoms with Crippen molar-refractivity contribution in [3.05, 3.63) is 102 Å². The van der Waals surface area contributed by atoms with Crippen LogP contribution < -0.4 is 4.74 Å². The van der Waals surface area contributed by atoms with Crippen molar-refractivity contribution in [3.63, 3.8) is 0 Å². The number of imidazole rings is 1. The summed E-state index contributed by atoms with van der Waals surface area (Å²) in [4.78, 5) is 14.1. The molecule has 2 aromatic carbocycles. The topological polar surface area (TPSA) is 78.9 Å². The van der Waals surface area contributed by atoms with Crippen molar-refractivity contribution in [3.8, 4) is 16.9 Å². The minimum atomic E-state index is 0.672. The van der Waals surface area contributed by atoms with Gasteiger partial charge in [0.2, 0.25) is 0 Å². The van der Waals surface area contributed by atoms with Gasteiger partial charge in [-0.05, 0) is 43.2 Å². The summed E-state index contributed by atoms with van der Waals surface area (Å²) in [6.07, 6.45) is 6.21. The molecule has 0 aliphatic heterocycles. The van der Waals surface area contributed by atoms with Crippen molar-refractivity contribution >= 4 is 21.9 Å². The van der Waals surface area contributed by atoms with Crippen LogP contribution in [0.15, 0.2) is 77.7 Å². The van der Waals surface area contributed by atoms with Gasteiger partial charge >= 0.3 is 0 Å². The van der Waals surface area contributed by atoms with Crippen LogP contribution in [0.1, 0.15) is 28.4 Å². The molecule has 178 valence electrons. The summed E-state index contributed by atoms with van der Waals surface area (Å²) in [6, 6.07) is 18.6. The summed E-state index contributed by atoms with van der Waals surface area (Å²) in [7, 11) is 1.69. The van der Waals surface area contributed by atoms with Crippen LogP contribution in [0, 0.1) is 13.8 Å². The van der Waals surface area contributed by atoms with Crippen LogP contribution in [0.3, 0.4) is 0 Å². The molecule has 0 aliphatic rings. The molecule has 4 heterocycles. The zero-order chi connectivity index (χ0) is 24.6. The van der Waals surface area contributed by atoms with Crippen LogP contribution in [0.25, 0.3) is 33.1 Å². The van der Waals surface area contributed by atoms with Crippen molar-refractivity contribution in [2.75, 3.05) is 7.11 Å². The molecule has 6 aromatic rings. The van der Waals surface area contributed by atoms with Crippen LogP contribution >= 0.6 is 0 Å². The second-order valence-corrected chi connectivity index (χ2v) is 8.90. The number of aromatic nitrogens is 5. The fourth-order valence-electron chi connectivity index (χ4n) is 4.88. The predicted octanol–water partition coefficient (Wildman–Crippen LogP) is 5.90. The van der Waals surface area contributed by atoms with Gasteiger partial charge in [-0.15, -0.1) is 0 Å². The highest BCUT2D eigenvalue weighted by Crippen LogP contribution is 2.39. The highest BCUT2D eigenvalue weighted by Gasteiger charge is 2.21. The second kappa shape index (κ2) is 8.92. The molecule has 36 heavy (non-hydrogen) atoms. The molecule has 0 amide bonds. The Hall–Kier alpha value is -4.52. The number of fused-ring (bicyclic) bond motifs is 3. The maximum atomic E-state index is 5.86. The summed E-state index contributed by atoms with van der Waals surface area (Å²) in [5.41, 5.74) is 7.73. The Bertz CT molecular complexity index is 1670. The van der Waals surface area contributed by atoms with Crippen LogP contribution in [-0.2, 0) is 13.0 Å². The second-order valence-electron chi connectivity index (χ2n) is 8.90. The highest BCUT2D eigenvalue weighted by molar-refractivity contribution is 6.05. The number of rotatable bonds is 6. The standard InChI is InChI=1S/C29H25N5O2/c1-18-28(19(2)36-33-18)23-13-24-22(14-26(23)35-3)29-25(16-31-24)32-27(12-21-10-7-11-30-15-21)34(29)17-20-8-5-4-6-9-20/h4-11,13-16H,12,17H2,1-3H3. The maximum Gasteiger partial charge on any atom is 0.141 e. The normalized spacial score (nSPS) is 11.4. The molecule has 0 fully saturated rings. The lowest BCUT2D eigenvalue weighted by Crippen LogP contribution is -2.06. The molecule has 6 rings (SSSR count). The molecule has 0 spiro atoms. The minimum Gasteiger partial charge on any atom is -0.496 e. The molecule has 0 aliphatic carbocycles. The Labute approximate surface area is 208 Å². The Morgan fingerprint density at radius 1 is 0.944 bits per heavy atom. The third kappa shape index (κ3) is 3.79. The van der Waals surface area contributed by atoms with E-state index < -0.39 is 0 Å². The average Bonchev–Trinajstić information content (AvgIpc) is 3.42. The fourth-order valence-corrected chi connectivity index (χ4v) is 4.88. The lowest BCUT2D eigenvalue weighted by Gasteiger charge is -2.13. The Kier molecular flexibility index (Phi) is 5.45. The summed E-state index contributed by atoms with van der Waals surface area (Å²) in [5.74, 6) is 2.46. The largest absolute Gasteiger partial charge is 0.496 e. The van der Waals surface area contributed by atoms with E-state index in [2.05, 4.69) is 57.2 Å². The Balaban J connectivity index is 1.60. The lowest BCUT2D eigenvalue weighted by atomic mass is 10.0. The predicted molar refractivity (Wildman–Crippen MR) is 139 cm³/mol. The molecule has 0 N–H and O–H groups in total. The first-order valence-corrected chi connectivity index (χ1v) is 11.8. The zero-order valence-electron chi connectivity index (χ0n) is 20.4. The van der Waals surface area contributed by atoms with Crippen molar-refractivity contribution < 1.29 is 9.26 Å². The summed E-state index contributed by atoms with van der Waals surface area (Å²) in [6.45, 7) is 4.54. The molecular formula is C29H25N5O2. The van der Waals surface area contributed by atoms with Gasteiger partial charge in [-0.2, -0.15) is 0 Å². The van der Waals surface area contributed by atoms with E-state index in [-0.39, 0.29) is 0 Å². The average molecular weight is 476 g/mol. The minimum absolute atomic E-state index is 0.672. The number of nitrogens with zero attached hydrogens (tertiary/aromatic N) is 5. The Morgan fingerprint density at radius 3 is 2.50 bits per heavy atom. The van der Waals surface area contributed by atoms with E-state index in [9.17, 15) is 0 Å². The number of pyridine rings is 2. The number of benzene rings is 2. The van der Waals surface area contributed by atoms with Gasteiger partial charge in [0.05, 0.1) is 35.6 Å². The van der Waals surface area contributed by atoms with E-state index in [4.69, 9.17) is 19.2 Å². The Morgan fingerprint density at radius 2 is 1.78 bits per heavy atom. The SMILES string of the molecule is COc1cc2c(cc1-c1c(C)noc1C)ncc1nc(Cc3cccnc3)n(Cc3ccccc3)c12. The third-order valence-corrected chi connectivity index (χ3v) is 6.54. The number of hydrogen-bond donors (Lipinski definition) is 0. The van der Waals surface area contributed by atoms with Crippen LogP contribution in [0.2, 0.25) is 0 Å². The van der Waals surface area contributed by atoms with Gasteiger partial charge in [-0.25, -0.2) is 4.98 Å². The maximum absolute atomic E-state index is 5.86. The zero-order valence-corrected chi connectivity index (χ0v) is 20.4. The van der Waals surface area contributed by atoms with Crippen LogP contribution in [0.4, 0.5) is 0 Å². The van der Waals surface area contributed by atoms with Gasteiger partial charge in [-0.1, -0.05) is 41.6 Å². The van der Waals surface area contributed by atoms with Crippen molar-refractivity contribution in [2.45, 2.75) is 26.8 Å². The summed E-state index contributed by atoms with van der Waals surface area (Å²) in [5, 5.41) is 5.12. The molecule has 0 bridgehead atoms. The molecule has 0 unspecified atom stereocenters. The van der Waals surface area contributed by atoms with Crippen LogP contribution in [-0.4, -0.2) is 31.8 Å². The van der Waals surface area contributed by atoms with Gasteiger partial charge in [0.1, 0.15) is 22.9 Å². The third-order valence-electron chi connectivity index (χ3n) is 6.54. The monoisotopic (exact) mass is 475 g/mol. The molecule has 0 saturated carbocycles. The van der Waals surface area contributed by atoms with Crippen molar-refractivity contribution in [1.82, 2.24) is 24.7 Å². The highest BCUT2D eigenvalue weighted by atomic mass is 16.5. The first-order valence-electron chi connectivity index (χ1n) is 11.8. The number of ether oxygens (including phenoxy) is 1. The van der Waals surface area contributed by atoms with E-state index in [0.717, 1.165) is 61.7 Å². The fraction of sp³-hybridized carbons (Fsp3) is 0.172. The molecule has 0 radical (unpaired) electrons. The van der Waals surface area contributed by atoms with E-state index in [1.54, 1.807) is 13.3 Å². The smallest absolute Gasteiger partial charge is 0.141 e. The van der Waals surface area contributed by atoms with Gasteiger partial charge in [-0.3, -0.25) is 9.97 Å². The van der Waals surface area contributed by atoms with Gasteiger partial charge in [0, 0.05) is 36.3 Å². The van der Waals surface area contributed by atoms with E-state index in [1.165, 1.54) is 5.56 Å². The lowest BCUT2D eigenvalue weighted by molar-refractivity contribution is 0.393. The van der Waals surface area contributed by atoms with Gasteiger partial charge in [0.15, 0.2) is 0 Å². The number of hydrogen-bond acceptors (Lipinski definition) is 6. The molecule has 7 heteroatoms. The van der Waals surface area contributed by atoms with E-state index in [0.29, 0.717) is 13.0 Å². The van der Waals surface area contributed by atoms with Crippen LogP contribution in [0.5, 0.6) is 5.75 Å². The number of aryl methyl sites for hydroxylation is 2. The summed E-state index contributed by atoms with van der Waals surface area (Å²) >= 11 is 0. The number of methoxy groups -OCH3 is 1. The molecule has 0 saturated heterocycles. The quantitative estimate of drug-likeness (QED) is 0.298. The van der Waals surface area contributed by atoms with Crippen molar-refractivity contribution in [2.24, 2.45) is 0 Å². The van der Waals surface area contributed by atoms with Gasteiger partial charge < -0.3 is 13.8 Å². The van der Waals surface area contributed by atoms with E-state index in [1.807, 2.05) is 38.4 Å². The molecule has 4 aromatic heterocycles. The van der Waals surface area contributed by atoms with Gasteiger partial charge in [0.25, 0.3) is 0 Å². The first-order chi connectivity index (χ1) is 17.6. The van der Waals surface area contributed by atoms with E-state index >= 15 is 0 Å². The first kappa shape index (κ1) is 22.0. The molecule has 7 nitrogen and oxygen atoms in total. The molecular weight excluding hydrogens is 450 g/mol.